The van der Waals surface area contributed by atoms with Gasteiger partial charge in [-0.1, -0.05) is 12.1 Å². The Balaban J connectivity index is 1.39. The molecule has 0 radical (unpaired) electrons. The lowest BCUT2D eigenvalue weighted by molar-refractivity contribution is 0.0782. The molecule has 2 aliphatic rings. The van der Waals surface area contributed by atoms with Gasteiger partial charge in [0.05, 0.1) is 18.4 Å². The summed E-state index contributed by atoms with van der Waals surface area (Å²) in [6, 6.07) is 7.66. The molecule has 1 aliphatic heterocycles. The van der Waals surface area contributed by atoms with Crippen LogP contribution in [0.4, 0.5) is 0 Å². The van der Waals surface area contributed by atoms with E-state index in [-0.39, 0.29) is 5.91 Å². The Morgan fingerprint density at radius 3 is 2.84 bits per heavy atom. The summed E-state index contributed by atoms with van der Waals surface area (Å²) in [6.45, 7) is 2.36. The van der Waals surface area contributed by atoms with E-state index < -0.39 is 0 Å². The lowest BCUT2D eigenvalue weighted by Gasteiger charge is -2.18. The van der Waals surface area contributed by atoms with Crippen molar-refractivity contribution in [1.29, 1.82) is 0 Å². The fraction of sp³-hybridized carbons (Fsp3) is 0.500. The fourth-order valence-corrected chi connectivity index (χ4v) is 3.53. The van der Waals surface area contributed by atoms with Gasteiger partial charge in [0.15, 0.2) is 0 Å². The van der Waals surface area contributed by atoms with Crippen LogP contribution in [0.15, 0.2) is 36.7 Å². The third kappa shape index (κ3) is 3.86. The first kappa shape index (κ1) is 16.2. The highest BCUT2D eigenvalue weighted by molar-refractivity contribution is 5.97. The Kier molecular flexibility index (Phi) is 4.47. The average Bonchev–Trinajstić information content (AvgIpc) is 3.19. The van der Waals surface area contributed by atoms with Gasteiger partial charge in [-0.2, -0.15) is 5.10 Å². The van der Waals surface area contributed by atoms with Crippen LogP contribution in [0.25, 0.3) is 0 Å². The summed E-state index contributed by atoms with van der Waals surface area (Å²) in [6.07, 6.45) is 8.51. The van der Waals surface area contributed by atoms with E-state index in [1.165, 1.54) is 18.4 Å². The van der Waals surface area contributed by atoms with Gasteiger partial charge in [-0.05, 0) is 55.2 Å². The number of benzene rings is 1. The average molecular weight is 339 g/mol. The molecule has 0 N–H and O–H groups in total. The van der Waals surface area contributed by atoms with Crippen LogP contribution < -0.4 is 4.74 Å². The smallest absolute Gasteiger partial charge is 0.257 e. The van der Waals surface area contributed by atoms with Gasteiger partial charge >= 0.3 is 0 Å². The lowest BCUT2D eigenvalue weighted by atomic mass is 10.0. The Morgan fingerprint density at radius 1 is 1.24 bits per heavy atom. The molecule has 1 saturated carbocycles. The van der Waals surface area contributed by atoms with E-state index in [1.807, 2.05) is 47.1 Å². The van der Waals surface area contributed by atoms with Gasteiger partial charge in [-0.25, -0.2) is 0 Å². The first-order valence-corrected chi connectivity index (χ1v) is 9.17. The van der Waals surface area contributed by atoms with Gasteiger partial charge in [0.1, 0.15) is 5.75 Å². The third-order valence-corrected chi connectivity index (χ3v) is 5.14. The van der Waals surface area contributed by atoms with E-state index in [9.17, 15) is 4.79 Å². The number of ether oxygens (including phenoxy) is 1. The number of para-hydroxylation sites is 1. The van der Waals surface area contributed by atoms with Crippen molar-refractivity contribution in [3.8, 4) is 5.75 Å². The number of aromatic nitrogens is 2. The molecule has 2 aromatic rings. The fourth-order valence-electron chi connectivity index (χ4n) is 3.53. The molecule has 132 valence electrons. The highest BCUT2D eigenvalue weighted by atomic mass is 16.5. The summed E-state index contributed by atoms with van der Waals surface area (Å²) in [4.78, 5) is 14.9. The zero-order valence-corrected chi connectivity index (χ0v) is 14.7. The zero-order valence-electron chi connectivity index (χ0n) is 14.7. The third-order valence-electron chi connectivity index (χ3n) is 5.14. The Labute approximate surface area is 148 Å². The van der Waals surface area contributed by atoms with E-state index in [2.05, 4.69) is 11.3 Å². The van der Waals surface area contributed by atoms with Crippen molar-refractivity contribution >= 4 is 5.91 Å². The van der Waals surface area contributed by atoms with E-state index >= 15 is 0 Å². The van der Waals surface area contributed by atoms with Crippen molar-refractivity contribution in [2.75, 3.05) is 19.7 Å². The maximum Gasteiger partial charge on any atom is 0.257 e. The molecule has 1 aromatic heterocycles. The first-order valence-electron chi connectivity index (χ1n) is 9.17. The standard InChI is InChI=1S/C20H25N3O2/c1-22-12-17(11-21-22)10-16-8-9-23(13-16)20(24)18-4-2-3-5-19(18)25-14-15-6-7-15/h2-5,11-12,15-16H,6-10,13-14H2,1H3/t16-/m0/s1. The second kappa shape index (κ2) is 6.90. The van der Waals surface area contributed by atoms with Gasteiger partial charge in [0.25, 0.3) is 5.91 Å². The van der Waals surface area contributed by atoms with Crippen molar-refractivity contribution in [1.82, 2.24) is 14.7 Å². The van der Waals surface area contributed by atoms with Crippen LogP contribution in [-0.4, -0.2) is 40.3 Å². The summed E-state index contributed by atoms with van der Waals surface area (Å²) in [5.41, 5.74) is 1.94. The zero-order chi connectivity index (χ0) is 17.2. The normalized spacial score (nSPS) is 20.0. The highest BCUT2D eigenvalue weighted by Crippen LogP contribution is 2.31. The first-order chi connectivity index (χ1) is 12.2. The molecule has 2 fully saturated rings. The molecule has 0 spiro atoms. The number of aryl methyl sites for hydroxylation is 1. The van der Waals surface area contributed by atoms with Gasteiger partial charge in [0, 0.05) is 26.3 Å². The number of carbonyl (C=O) groups excluding carboxylic acids is 1. The minimum atomic E-state index is 0.0973. The van der Waals surface area contributed by atoms with Crippen LogP contribution in [0.3, 0.4) is 0 Å². The van der Waals surface area contributed by atoms with Crippen LogP contribution in [0, 0.1) is 11.8 Å². The Hall–Kier alpha value is -2.30. The maximum absolute atomic E-state index is 13.0. The molecule has 0 unspecified atom stereocenters. The summed E-state index contributed by atoms with van der Waals surface area (Å²) in [5.74, 6) is 2.02. The molecule has 25 heavy (non-hydrogen) atoms. The quantitative estimate of drug-likeness (QED) is 0.813. The van der Waals surface area contributed by atoms with Crippen molar-refractivity contribution in [2.45, 2.75) is 25.7 Å². The van der Waals surface area contributed by atoms with Crippen molar-refractivity contribution < 1.29 is 9.53 Å². The van der Waals surface area contributed by atoms with E-state index in [1.54, 1.807) is 0 Å². The molecule has 1 saturated heterocycles. The number of hydrogen-bond acceptors (Lipinski definition) is 3. The molecular weight excluding hydrogens is 314 g/mol. The predicted molar refractivity (Wildman–Crippen MR) is 95.6 cm³/mol. The van der Waals surface area contributed by atoms with E-state index in [0.29, 0.717) is 17.4 Å². The molecule has 1 amide bonds. The Morgan fingerprint density at radius 2 is 2.08 bits per heavy atom. The predicted octanol–water partition coefficient (Wildman–Crippen LogP) is 2.91. The summed E-state index contributed by atoms with van der Waals surface area (Å²) in [7, 11) is 1.94. The second-order valence-corrected chi connectivity index (χ2v) is 7.38. The SMILES string of the molecule is Cn1cc(C[C@@H]2CCN(C(=O)c3ccccc3OCC3CC3)C2)cn1. The highest BCUT2D eigenvalue weighted by Gasteiger charge is 2.29. The summed E-state index contributed by atoms with van der Waals surface area (Å²) < 4.78 is 7.74. The molecular formula is C20H25N3O2. The molecule has 1 aliphatic carbocycles. The van der Waals surface area contributed by atoms with Crippen LogP contribution in [0.2, 0.25) is 0 Å². The van der Waals surface area contributed by atoms with E-state index in [0.717, 1.165) is 38.3 Å². The molecule has 1 atom stereocenters. The van der Waals surface area contributed by atoms with Gasteiger partial charge in [0.2, 0.25) is 0 Å². The second-order valence-electron chi connectivity index (χ2n) is 7.38. The molecule has 5 nitrogen and oxygen atoms in total. The molecule has 0 bridgehead atoms. The van der Waals surface area contributed by atoms with Crippen molar-refractivity contribution in [2.24, 2.45) is 18.9 Å². The molecule has 2 heterocycles. The molecule has 1 aromatic carbocycles. The number of rotatable bonds is 6. The number of nitrogens with zero attached hydrogens (tertiary/aromatic N) is 3. The topological polar surface area (TPSA) is 47.4 Å². The number of likely N-dealkylation sites (tertiary alicyclic amines) is 1. The lowest BCUT2D eigenvalue weighted by Crippen LogP contribution is -2.29. The largest absolute Gasteiger partial charge is 0.492 e. The van der Waals surface area contributed by atoms with Gasteiger partial charge in [-0.3, -0.25) is 9.48 Å². The monoisotopic (exact) mass is 339 g/mol. The maximum atomic E-state index is 13.0. The Bertz CT molecular complexity index is 751. The van der Waals surface area contributed by atoms with Crippen molar-refractivity contribution in [3.63, 3.8) is 0 Å². The van der Waals surface area contributed by atoms with Crippen LogP contribution in [-0.2, 0) is 13.5 Å². The summed E-state index contributed by atoms with van der Waals surface area (Å²) in [5, 5.41) is 4.23. The van der Waals surface area contributed by atoms with E-state index in [4.69, 9.17) is 4.74 Å². The molecule has 4 rings (SSSR count). The number of carbonyl (C=O) groups is 1. The molecule has 5 heteroatoms. The number of hydrogen-bond donors (Lipinski definition) is 0. The number of amides is 1. The van der Waals surface area contributed by atoms with Crippen LogP contribution in [0.5, 0.6) is 5.75 Å². The summed E-state index contributed by atoms with van der Waals surface area (Å²) >= 11 is 0. The van der Waals surface area contributed by atoms with Crippen molar-refractivity contribution in [3.05, 3.63) is 47.8 Å². The van der Waals surface area contributed by atoms with Gasteiger partial charge < -0.3 is 9.64 Å². The minimum Gasteiger partial charge on any atom is -0.492 e. The van der Waals surface area contributed by atoms with Gasteiger partial charge in [-0.15, -0.1) is 0 Å². The van der Waals surface area contributed by atoms with Crippen LogP contribution >= 0.6 is 0 Å². The van der Waals surface area contributed by atoms with Crippen LogP contribution in [0.1, 0.15) is 35.2 Å². The minimum absolute atomic E-state index is 0.0973.